The molecule has 0 unspecified atom stereocenters. The fourth-order valence-corrected chi connectivity index (χ4v) is 4.32. The van der Waals surface area contributed by atoms with Crippen molar-refractivity contribution in [2.24, 2.45) is 0 Å². The molecule has 1 aromatic carbocycles. The van der Waals surface area contributed by atoms with Crippen molar-refractivity contribution in [3.05, 3.63) is 44.5 Å². The van der Waals surface area contributed by atoms with Crippen molar-refractivity contribution in [3.63, 3.8) is 0 Å². The van der Waals surface area contributed by atoms with Crippen molar-refractivity contribution in [1.29, 1.82) is 0 Å². The first-order chi connectivity index (χ1) is 13.1. The van der Waals surface area contributed by atoms with Crippen molar-refractivity contribution in [1.82, 2.24) is 19.8 Å². The van der Waals surface area contributed by atoms with Gasteiger partial charge in [-0.1, -0.05) is 0 Å². The molecule has 7 nitrogen and oxygen atoms in total. The van der Waals surface area contributed by atoms with Crippen LogP contribution in [-0.2, 0) is 0 Å². The van der Waals surface area contributed by atoms with Gasteiger partial charge in [0, 0.05) is 24.7 Å². The minimum absolute atomic E-state index is 0.00932. The Morgan fingerprint density at radius 3 is 2.44 bits per heavy atom. The van der Waals surface area contributed by atoms with Gasteiger partial charge in [0.15, 0.2) is 0 Å². The summed E-state index contributed by atoms with van der Waals surface area (Å²) in [7, 11) is 0. The van der Waals surface area contributed by atoms with Gasteiger partial charge in [-0.3, -0.25) is 14.4 Å². The van der Waals surface area contributed by atoms with E-state index in [4.69, 9.17) is 0 Å². The third-order valence-electron chi connectivity index (χ3n) is 5.83. The molecule has 2 N–H and O–H groups in total. The first-order valence-electron chi connectivity index (χ1n) is 9.91. The lowest BCUT2D eigenvalue weighted by Gasteiger charge is -2.36. The highest BCUT2D eigenvalue weighted by molar-refractivity contribution is 5.97. The van der Waals surface area contributed by atoms with Crippen LogP contribution >= 0.6 is 0 Å². The predicted octanol–water partition coefficient (Wildman–Crippen LogP) is 1.70. The van der Waals surface area contributed by atoms with Crippen LogP contribution in [0.4, 0.5) is 0 Å². The van der Waals surface area contributed by atoms with E-state index in [0.29, 0.717) is 16.6 Å². The average molecular weight is 370 g/mol. The molecule has 0 radical (unpaired) electrons. The smallest absolute Gasteiger partial charge is 0.314 e. The summed E-state index contributed by atoms with van der Waals surface area (Å²) < 4.78 is 0. The van der Waals surface area contributed by atoms with E-state index in [1.807, 2.05) is 4.90 Å². The van der Waals surface area contributed by atoms with Crippen LogP contribution in [0.15, 0.2) is 27.8 Å². The number of aromatic amines is 2. The predicted molar refractivity (Wildman–Crippen MR) is 104 cm³/mol. The Labute approximate surface area is 157 Å². The number of benzene rings is 1. The van der Waals surface area contributed by atoms with E-state index < -0.39 is 11.1 Å². The van der Waals surface area contributed by atoms with E-state index in [1.165, 1.54) is 32.4 Å². The zero-order valence-electron chi connectivity index (χ0n) is 15.5. The van der Waals surface area contributed by atoms with E-state index in [0.717, 1.165) is 32.4 Å². The van der Waals surface area contributed by atoms with Crippen molar-refractivity contribution in [2.45, 2.75) is 44.6 Å². The van der Waals surface area contributed by atoms with Crippen LogP contribution in [0, 0.1) is 0 Å². The molecule has 2 fully saturated rings. The summed E-state index contributed by atoms with van der Waals surface area (Å²) in [6, 6.07) is 5.35. The third-order valence-corrected chi connectivity index (χ3v) is 5.83. The van der Waals surface area contributed by atoms with Crippen molar-refractivity contribution < 1.29 is 4.79 Å². The fraction of sp³-hybridized carbons (Fsp3) is 0.550. The summed E-state index contributed by atoms with van der Waals surface area (Å²) in [5, 5.41) is 0. The number of likely N-dealkylation sites (tertiary alicyclic amines) is 2. The summed E-state index contributed by atoms with van der Waals surface area (Å²) in [5.41, 5.74) is 0.183. The monoisotopic (exact) mass is 370 g/mol. The maximum Gasteiger partial charge on any atom is 0.314 e. The Morgan fingerprint density at radius 2 is 1.67 bits per heavy atom. The molecule has 144 valence electrons. The van der Waals surface area contributed by atoms with Gasteiger partial charge in [0.2, 0.25) is 0 Å². The molecule has 3 heterocycles. The van der Waals surface area contributed by atoms with E-state index in [1.54, 1.807) is 18.2 Å². The number of nitrogens with one attached hydrogen (secondary N) is 2. The Bertz CT molecular complexity index is 942. The zero-order chi connectivity index (χ0) is 18.8. The van der Waals surface area contributed by atoms with E-state index in [-0.39, 0.29) is 11.9 Å². The number of fused-ring (bicyclic) bond motifs is 1. The lowest BCUT2D eigenvalue weighted by molar-refractivity contribution is 0.0588. The van der Waals surface area contributed by atoms with Crippen LogP contribution < -0.4 is 11.1 Å². The summed E-state index contributed by atoms with van der Waals surface area (Å²) in [4.78, 5) is 45.8. The van der Waals surface area contributed by atoms with E-state index >= 15 is 0 Å². The number of amides is 1. The molecule has 2 aliphatic heterocycles. The molecule has 1 atom stereocenters. The summed E-state index contributed by atoms with van der Waals surface area (Å²) in [6.07, 6.45) is 6.83. The van der Waals surface area contributed by atoms with Gasteiger partial charge in [0.05, 0.1) is 11.0 Å². The Hall–Kier alpha value is -2.41. The lowest BCUT2D eigenvalue weighted by Crippen LogP contribution is -2.45. The highest BCUT2D eigenvalue weighted by atomic mass is 16.2. The number of hydrogen-bond donors (Lipinski definition) is 2. The minimum Gasteiger partial charge on any atom is -0.336 e. The number of hydrogen-bond acceptors (Lipinski definition) is 4. The number of carbonyl (C=O) groups is 1. The quantitative estimate of drug-likeness (QED) is 0.802. The van der Waals surface area contributed by atoms with Gasteiger partial charge in [0.25, 0.3) is 5.91 Å². The highest BCUT2D eigenvalue weighted by Crippen LogP contribution is 2.23. The topological polar surface area (TPSA) is 89.3 Å². The summed E-state index contributed by atoms with van der Waals surface area (Å²) in [5.74, 6) is 0.00932. The zero-order valence-corrected chi connectivity index (χ0v) is 15.5. The van der Waals surface area contributed by atoms with Crippen LogP contribution in [0.1, 0.15) is 48.9 Å². The second-order valence-corrected chi connectivity index (χ2v) is 7.65. The molecule has 2 saturated heterocycles. The minimum atomic E-state index is -0.700. The van der Waals surface area contributed by atoms with Gasteiger partial charge in [0.1, 0.15) is 0 Å². The first-order valence-corrected chi connectivity index (χ1v) is 9.91. The molecule has 0 bridgehead atoms. The van der Waals surface area contributed by atoms with Gasteiger partial charge < -0.3 is 19.8 Å². The number of aromatic nitrogens is 2. The van der Waals surface area contributed by atoms with Gasteiger partial charge in [-0.15, -0.1) is 0 Å². The molecule has 0 aliphatic carbocycles. The second kappa shape index (κ2) is 7.68. The molecular weight excluding hydrogens is 344 g/mol. The summed E-state index contributed by atoms with van der Waals surface area (Å²) >= 11 is 0. The molecule has 0 saturated carbocycles. The first kappa shape index (κ1) is 18.0. The third kappa shape index (κ3) is 3.83. The second-order valence-electron chi connectivity index (χ2n) is 7.65. The van der Waals surface area contributed by atoms with Crippen LogP contribution in [0.25, 0.3) is 11.0 Å². The Kier molecular flexibility index (Phi) is 5.11. The average Bonchev–Trinajstić information content (AvgIpc) is 3.20. The highest BCUT2D eigenvalue weighted by Gasteiger charge is 2.28. The standard InChI is InChI=1S/C20H26N4O3/c25-18-19(26)22-17-13-14(6-7-16(17)21-18)20(27)24-11-2-1-5-15(24)8-12-23-9-3-4-10-23/h6-7,13,15H,1-5,8-12H2,(H,21,25)(H,22,26)/t15-/m0/s1. The molecule has 7 heteroatoms. The fourth-order valence-electron chi connectivity index (χ4n) is 4.32. The number of rotatable bonds is 4. The van der Waals surface area contributed by atoms with Gasteiger partial charge in [-0.2, -0.15) is 0 Å². The number of piperidine rings is 1. The molecule has 2 aromatic rings. The SMILES string of the molecule is O=C(c1ccc2[nH]c(=O)c(=O)[nH]c2c1)N1CCCC[C@H]1CCN1CCCC1. The molecule has 4 rings (SSSR count). The number of nitrogens with zero attached hydrogens (tertiary/aromatic N) is 2. The van der Waals surface area contributed by atoms with Crippen molar-refractivity contribution >= 4 is 16.9 Å². The van der Waals surface area contributed by atoms with Crippen LogP contribution in [0.2, 0.25) is 0 Å². The maximum absolute atomic E-state index is 13.2. The van der Waals surface area contributed by atoms with Crippen LogP contribution in [0.5, 0.6) is 0 Å². The molecule has 27 heavy (non-hydrogen) atoms. The Balaban J connectivity index is 1.53. The summed E-state index contributed by atoms with van der Waals surface area (Å²) in [6.45, 7) is 4.19. The van der Waals surface area contributed by atoms with Crippen LogP contribution in [-0.4, -0.2) is 57.9 Å². The van der Waals surface area contributed by atoms with E-state index in [2.05, 4.69) is 14.9 Å². The number of carbonyl (C=O) groups excluding carboxylic acids is 1. The molecule has 2 aliphatic rings. The number of H-pyrrole nitrogens is 2. The molecule has 0 spiro atoms. The lowest BCUT2D eigenvalue weighted by atomic mass is 9.97. The maximum atomic E-state index is 13.2. The molecule has 1 amide bonds. The molecule has 1 aromatic heterocycles. The normalized spacial score (nSPS) is 21.0. The van der Waals surface area contributed by atoms with Crippen molar-refractivity contribution in [2.75, 3.05) is 26.2 Å². The Morgan fingerprint density at radius 1 is 0.963 bits per heavy atom. The van der Waals surface area contributed by atoms with Gasteiger partial charge in [-0.25, -0.2) is 0 Å². The largest absolute Gasteiger partial charge is 0.336 e. The van der Waals surface area contributed by atoms with Crippen molar-refractivity contribution in [3.8, 4) is 0 Å². The van der Waals surface area contributed by atoms with Gasteiger partial charge >= 0.3 is 11.1 Å². The molecular formula is C20H26N4O3. The van der Waals surface area contributed by atoms with E-state index in [9.17, 15) is 14.4 Å². The van der Waals surface area contributed by atoms with Gasteiger partial charge in [-0.05, 0) is 69.8 Å². The van der Waals surface area contributed by atoms with Crippen LogP contribution in [0.3, 0.4) is 0 Å².